The number of nitrogen functional groups attached to an aromatic ring is 1. The molecule has 0 saturated carbocycles. The van der Waals surface area contributed by atoms with Crippen LogP contribution in [0.2, 0.25) is 0 Å². The largest absolute Gasteiger partial charge is 0.494 e. The summed E-state index contributed by atoms with van der Waals surface area (Å²) in [6, 6.07) is 6.27. The van der Waals surface area contributed by atoms with Gasteiger partial charge in [0.2, 0.25) is 0 Å². The maximum Gasteiger partial charge on any atom is 0.146 e. The molecule has 1 aliphatic rings. The van der Waals surface area contributed by atoms with E-state index in [9.17, 15) is 0 Å². The number of methoxy groups -OCH3 is 1. The van der Waals surface area contributed by atoms with Crippen molar-refractivity contribution in [2.45, 2.75) is 25.3 Å². The Hall–Kier alpha value is -1.42. The van der Waals surface area contributed by atoms with Gasteiger partial charge >= 0.3 is 0 Å². The molecule has 0 aromatic heterocycles. The van der Waals surface area contributed by atoms with Crippen LogP contribution in [0.15, 0.2) is 18.2 Å². The first-order chi connectivity index (χ1) is 8.72. The Labute approximate surface area is 109 Å². The minimum atomic E-state index is 0.583. The van der Waals surface area contributed by atoms with Crippen LogP contribution in [0, 0.1) is 0 Å². The summed E-state index contributed by atoms with van der Waals surface area (Å²) in [6.07, 6.45) is 3.61. The zero-order chi connectivity index (χ0) is 13.0. The monoisotopic (exact) mass is 250 g/mol. The molecule has 1 unspecified atom stereocenters. The smallest absolute Gasteiger partial charge is 0.146 e. The molecule has 1 aromatic rings. The van der Waals surface area contributed by atoms with Gasteiger partial charge in [-0.25, -0.2) is 0 Å². The molecule has 1 heterocycles. The normalized spacial score (nSPS) is 20.0. The highest BCUT2D eigenvalue weighted by Crippen LogP contribution is 2.31. The third kappa shape index (κ3) is 2.88. The third-order valence-corrected chi connectivity index (χ3v) is 3.63. The van der Waals surface area contributed by atoms with Gasteiger partial charge in [-0.05, 0) is 45.0 Å². The van der Waals surface area contributed by atoms with Crippen molar-refractivity contribution in [3.63, 3.8) is 0 Å². The minimum Gasteiger partial charge on any atom is -0.494 e. The summed E-state index contributed by atoms with van der Waals surface area (Å²) < 4.78 is 10.9. The Balaban J connectivity index is 1.86. The highest BCUT2D eigenvalue weighted by molar-refractivity contribution is 5.62. The van der Waals surface area contributed by atoms with Gasteiger partial charge in [0.15, 0.2) is 0 Å². The number of likely N-dealkylation sites (tertiary alicyclic amines) is 1. The van der Waals surface area contributed by atoms with Crippen LogP contribution in [0.1, 0.15) is 19.3 Å². The lowest BCUT2D eigenvalue weighted by molar-refractivity contribution is 0.233. The van der Waals surface area contributed by atoms with Crippen LogP contribution in [0.4, 0.5) is 5.69 Å². The van der Waals surface area contributed by atoms with E-state index in [-0.39, 0.29) is 0 Å². The highest BCUT2D eigenvalue weighted by atomic mass is 16.5. The van der Waals surface area contributed by atoms with Crippen molar-refractivity contribution in [3.05, 3.63) is 18.2 Å². The quantitative estimate of drug-likeness (QED) is 0.813. The second kappa shape index (κ2) is 5.96. The van der Waals surface area contributed by atoms with Crippen LogP contribution < -0.4 is 15.2 Å². The van der Waals surface area contributed by atoms with E-state index < -0.39 is 0 Å². The lowest BCUT2D eigenvalue weighted by Gasteiger charge is -2.19. The van der Waals surface area contributed by atoms with Gasteiger partial charge in [0.25, 0.3) is 0 Å². The van der Waals surface area contributed by atoms with E-state index in [0.29, 0.717) is 24.1 Å². The number of hydrogen-bond acceptors (Lipinski definition) is 4. The maximum atomic E-state index is 5.95. The van der Waals surface area contributed by atoms with Crippen LogP contribution in [0.25, 0.3) is 0 Å². The van der Waals surface area contributed by atoms with Crippen molar-refractivity contribution in [1.29, 1.82) is 0 Å². The molecule has 0 spiro atoms. The number of nitrogens with two attached hydrogens (primary N) is 1. The summed E-state index contributed by atoms with van der Waals surface area (Å²) in [6.45, 7) is 1.90. The number of hydrogen-bond donors (Lipinski definition) is 1. The van der Waals surface area contributed by atoms with E-state index in [2.05, 4.69) is 11.9 Å². The lowest BCUT2D eigenvalue weighted by atomic mass is 10.1. The van der Waals surface area contributed by atoms with E-state index in [0.717, 1.165) is 12.2 Å². The number of para-hydroxylation sites is 1. The lowest BCUT2D eigenvalue weighted by Crippen LogP contribution is -2.26. The fraction of sp³-hybridized carbons (Fsp3) is 0.571. The second-order valence-electron chi connectivity index (χ2n) is 4.79. The molecule has 1 aliphatic heterocycles. The zero-order valence-electron chi connectivity index (χ0n) is 11.2. The van der Waals surface area contributed by atoms with Crippen LogP contribution in [-0.2, 0) is 0 Å². The summed E-state index contributed by atoms with van der Waals surface area (Å²) in [4.78, 5) is 2.40. The molecule has 0 aliphatic carbocycles. The van der Waals surface area contributed by atoms with E-state index in [1.54, 1.807) is 7.11 Å². The Morgan fingerprint density at radius 1 is 1.39 bits per heavy atom. The van der Waals surface area contributed by atoms with Crippen LogP contribution in [0.5, 0.6) is 11.5 Å². The third-order valence-electron chi connectivity index (χ3n) is 3.63. The average Bonchev–Trinajstić information content (AvgIpc) is 2.77. The number of ether oxygens (including phenoxy) is 2. The van der Waals surface area contributed by atoms with Crippen molar-refractivity contribution in [3.8, 4) is 11.5 Å². The first-order valence-electron chi connectivity index (χ1n) is 6.48. The summed E-state index contributed by atoms with van der Waals surface area (Å²) in [5, 5.41) is 0. The zero-order valence-corrected chi connectivity index (χ0v) is 11.2. The Kier molecular flexibility index (Phi) is 4.31. The molecule has 0 radical (unpaired) electrons. The molecule has 0 amide bonds. The van der Waals surface area contributed by atoms with Gasteiger partial charge in [-0.2, -0.15) is 0 Å². The standard InChI is InChI=1S/C14H22N2O2/c1-16-9-4-5-11(16)8-10-18-13-7-3-6-12(17-2)14(13)15/h3,6-7,11H,4-5,8-10,15H2,1-2H3. The molecule has 18 heavy (non-hydrogen) atoms. The van der Waals surface area contributed by atoms with Crippen molar-refractivity contribution in [2.24, 2.45) is 0 Å². The summed E-state index contributed by atoms with van der Waals surface area (Å²) in [7, 11) is 3.79. The Morgan fingerprint density at radius 3 is 2.83 bits per heavy atom. The van der Waals surface area contributed by atoms with Gasteiger partial charge in [0.05, 0.1) is 13.7 Å². The maximum absolute atomic E-state index is 5.95. The van der Waals surface area contributed by atoms with Gasteiger partial charge in [-0.1, -0.05) is 6.07 Å². The first-order valence-corrected chi connectivity index (χ1v) is 6.48. The molecule has 2 N–H and O–H groups in total. The molecular formula is C14H22N2O2. The van der Waals surface area contributed by atoms with Crippen molar-refractivity contribution >= 4 is 5.69 Å². The first kappa shape index (κ1) is 13.0. The summed E-state index contributed by atoms with van der Waals surface area (Å²) in [5.41, 5.74) is 6.54. The van der Waals surface area contributed by atoms with Gasteiger partial charge in [-0.15, -0.1) is 0 Å². The number of rotatable bonds is 5. The Bertz CT molecular complexity index is 395. The van der Waals surface area contributed by atoms with E-state index >= 15 is 0 Å². The second-order valence-corrected chi connectivity index (χ2v) is 4.79. The van der Waals surface area contributed by atoms with Gasteiger partial charge < -0.3 is 20.1 Å². The van der Waals surface area contributed by atoms with E-state index in [4.69, 9.17) is 15.2 Å². The topological polar surface area (TPSA) is 47.7 Å². The van der Waals surface area contributed by atoms with Crippen molar-refractivity contribution in [1.82, 2.24) is 4.90 Å². The fourth-order valence-electron chi connectivity index (χ4n) is 2.48. The molecule has 4 heteroatoms. The Morgan fingerprint density at radius 2 is 2.17 bits per heavy atom. The van der Waals surface area contributed by atoms with Gasteiger partial charge in [0.1, 0.15) is 17.2 Å². The van der Waals surface area contributed by atoms with E-state index in [1.165, 1.54) is 19.4 Å². The SMILES string of the molecule is COc1cccc(OCCC2CCCN2C)c1N. The minimum absolute atomic E-state index is 0.583. The molecule has 100 valence electrons. The predicted molar refractivity (Wildman–Crippen MR) is 73.2 cm³/mol. The number of anilines is 1. The molecule has 1 aromatic carbocycles. The average molecular weight is 250 g/mol. The molecular weight excluding hydrogens is 228 g/mol. The molecule has 1 atom stereocenters. The van der Waals surface area contributed by atoms with Gasteiger partial charge in [0, 0.05) is 6.04 Å². The van der Waals surface area contributed by atoms with Crippen molar-refractivity contribution < 1.29 is 9.47 Å². The predicted octanol–water partition coefficient (Wildman–Crippen LogP) is 2.14. The van der Waals surface area contributed by atoms with Crippen LogP contribution in [0.3, 0.4) is 0 Å². The highest BCUT2D eigenvalue weighted by Gasteiger charge is 2.20. The summed E-state index contributed by atoms with van der Waals surface area (Å²) in [5.74, 6) is 1.39. The fourth-order valence-corrected chi connectivity index (χ4v) is 2.48. The van der Waals surface area contributed by atoms with E-state index in [1.807, 2.05) is 18.2 Å². The molecule has 1 fully saturated rings. The molecule has 2 rings (SSSR count). The van der Waals surface area contributed by atoms with Crippen molar-refractivity contribution in [2.75, 3.05) is 33.0 Å². The van der Waals surface area contributed by atoms with Gasteiger partial charge in [-0.3, -0.25) is 0 Å². The van der Waals surface area contributed by atoms with Crippen LogP contribution in [-0.4, -0.2) is 38.3 Å². The number of nitrogens with zero attached hydrogens (tertiary/aromatic N) is 1. The van der Waals surface area contributed by atoms with Crippen LogP contribution >= 0.6 is 0 Å². The number of benzene rings is 1. The molecule has 0 bridgehead atoms. The molecule has 1 saturated heterocycles. The molecule has 4 nitrogen and oxygen atoms in total. The summed E-state index contributed by atoms with van der Waals surface area (Å²) >= 11 is 0.